The normalized spacial score (nSPS) is 27.8. The van der Waals surface area contributed by atoms with Crippen LogP contribution in [0.25, 0.3) is 0 Å². The van der Waals surface area contributed by atoms with Crippen molar-refractivity contribution in [2.45, 2.75) is 124 Å². The van der Waals surface area contributed by atoms with Gasteiger partial charge in [0.2, 0.25) is 0 Å². The fourth-order valence-corrected chi connectivity index (χ4v) is 7.17. The topological polar surface area (TPSA) is 0 Å². The van der Waals surface area contributed by atoms with Crippen molar-refractivity contribution in [1.29, 1.82) is 0 Å². The molecule has 0 radical (unpaired) electrons. The molecule has 1 heteroatoms. The first-order valence-electron chi connectivity index (χ1n) is 16.4. The van der Waals surface area contributed by atoms with Gasteiger partial charge in [0.25, 0.3) is 0 Å². The molecule has 0 aromatic heterocycles. The fourth-order valence-electron chi connectivity index (χ4n) is 7.17. The van der Waals surface area contributed by atoms with E-state index in [1.54, 1.807) is 0 Å². The summed E-state index contributed by atoms with van der Waals surface area (Å²) in [5.41, 5.74) is 8.06. The van der Waals surface area contributed by atoms with Crippen molar-refractivity contribution in [1.82, 2.24) is 0 Å². The first-order valence-corrected chi connectivity index (χ1v) is 16.4. The van der Waals surface area contributed by atoms with E-state index < -0.39 is 6.17 Å². The third-order valence-corrected chi connectivity index (χ3v) is 10.5. The zero-order valence-corrected chi connectivity index (χ0v) is 25.8. The van der Waals surface area contributed by atoms with Crippen molar-refractivity contribution in [3.8, 4) is 0 Å². The average molecular weight is 531 g/mol. The van der Waals surface area contributed by atoms with Gasteiger partial charge in [-0.3, -0.25) is 0 Å². The highest BCUT2D eigenvalue weighted by Crippen LogP contribution is 2.47. The van der Waals surface area contributed by atoms with Crippen molar-refractivity contribution in [2.75, 3.05) is 0 Å². The highest BCUT2D eigenvalue weighted by Gasteiger charge is 2.36. The maximum atomic E-state index is 16.1. The van der Waals surface area contributed by atoms with Gasteiger partial charge in [0.1, 0.15) is 6.17 Å². The molecular formula is C38H55F. The van der Waals surface area contributed by atoms with Crippen LogP contribution in [-0.2, 0) is 6.42 Å². The lowest BCUT2D eigenvalue weighted by Crippen LogP contribution is -2.28. The summed E-state index contributed by atoms with van der Waals surface area (Å²) in [7, 11) is 0. The van der Waals surface area contributed by atoms with Crippen molar-refractivity contribution in [3.63, 3.8) is 0 Å². The van der Waals surface area contributed by atoms with Crippen LogP contribution < -0.4 is 0 Å². The molecule has 0 aliphatic heterocycles. The minimum Gasteiger partial charge on any atom is -0.242 e. The van der Waals surface area contributed by atoms with Gasteiger partial charge in [-0.05, 0) is 128 Å². The second-order valence-corrected chi connectivity index (χ2v) is 13.3. The monoisotopic (exact) mass is 530 g/mol. The van der Waals surface area contributed by atoms with Crippen LogP contribution in [0, 0.1) is 29.6 Å². The molecule has 0 N–H and O–H groups in total. The van der Waals surface area contributed by atoms with Gasteiger partial charge in [-0.1, -0.05) is 102 Å². The molecule has 0 spiro atoms. The molecule has 0 amide bonds. The molecule has 0 nitrogen and oxygen atoms in total. The van der Waals surface area contributed by atoms with Crippen LogP contribution in [0.5, 0.6) is 0 Å². The largest absolute Gasteiger partial charge is 0.242 e. The Morgan fingerprint density at radius 1 is 1.08 bits per heavy atom. The number of benzene rings is 1. The summed E-state index contributed by atoms with van der Waals surface area (Å²) in [6.07, 6.45) is 23.6. The molecule has 0 heterocycles. The van der Waals surface area contributed by atoms with Crippen molar-refractivity contribution < 1.29 is 4.39 Å². The zero-order chi connectivity index (χ0) is 27.9. The summed E-state index contributed by atoms with van der Waals surface area (Å²) in [6, 6.07) is 6.97. The third-order valence-electron chi connectivity index (χ3n) is 10.5. The molecule has 214 valence electrons. The van der Waals surface area contributed by atoms with Gasteiger partial charge in [-0.15, -0.1) is 0 Å². The minimum atomic E-state index is -0.814. The summed E-state index contributed by atoms with van der Waals surface area (Å²) in [4.78, 5) is 0. The quantitative estimate of drug-likeness (QED) is 0.252. The lowest BCUT2D eigenvalue weighted by molar-refractivity contribution is 0.0834. The summed E-state index contributed by atoms with van der Waals surface area (Å²) in [6.45, 7) is 13.8. The number of alkyl halides is 1. The van der Waals surface area contributed by atoms with E-state index >= 15 is 4.39 Å². The number of hydrogen-bond acceptors (Lipinski definition) is 0. The van der Waals surface area contributed by atoms with Gasteiger partial charge in [-0.25, -0.2) is 4.39 Å². The van der Waals surface area contributed by atoms with Crippen molar-refractivity contribution in [3.05, 3.63) is 82.0 Å². The van der Waals surface area contributed by atoms with Crippen molar-refractivity contribution in [2.24, 2.45) is 29.6 Å². The second kappa shape index (κ2) is 14.1. The Balaban J connectivity index is 1.55. The average Bonchev–Trinajstić information content (AvgIpc) is 3.30. The summed E-state index contributed by atoms with van der Waals surface area (Å²) in [5.74, 6) is 3.19. The first-order chi connectivity index (χ1) is 18.8. The lowest BCUT2D eigenvalue weighted by atomic mass is 9.70. The van der Waals surface area contributed by atoms with Gasteiger partial charge in [0, 0.05) is 0 Å². The SMILES string of the molecule is CCC1=CC(C(=CCC(C)Cc2ccc(C3CCC(CC)C3)cc2C(F)C2CCC2C)C(C)CC)=CC=CC1. The number of rotatable bonds is 12. The Labute approximate surface area is 239 Å². The molecule has 39 heavy (non-hydrogen) atoms. The molecule has 3 aliphatic rings. The Bertz CT molecular complexity index is 1070. The van der Waals surface area contributed by atoms with Gasteiger partial charge >= 0.3 is 0 Å². The molecule has 1 aromatic carbocycles. The Kier molecular flexibility index (Phi) is 10.9. The van der Waals surface area contributed by atoms with E-state index in [2.05, 4.69) is 90.1 Å². The van der Waals surface area contributed by atoms with E-state index in [0.29, 0.717) is 23.7 Å². The molecule has 7 atom stereocenters. The van der Waals surface area contributed by atoms with E-state index in [0.717, 1.165) is 50.0 Å². The Morgan fingerprint density at radius 3 is 2.54 bits per heavy atom. The van der Waals surface area contributed by atoms with Gasteiger partial charge < -0.3 is 0 Å². The van der Waals surface area contributed by atoms with Crippen LogP contribution in [0.1, 0.15) is 135 Å². The van der Waals surface area contributed by atoms with E-state index in [9.17, 15) is 0 Å². The number of allylic oxidation sites excluding steroid dienone is 8. The predicted molar refractivity (Wildman–Crippen MR) is 168 cm³/mol. The first kappa shape index (κ1) is 30.1. The Hall–Kier alpha value is -1.89. The standard InChI is InChI=1S/C38H55F/c1-7-27(5)35(33-13-11-10-12-29(8-2)24-33)20-14-26(4)22-34-19-18-32(31-17-16-30(9-3)23-31)25-37(34)38(39)36-21-15-28(36)6/h10-11,13,18-20,24-28,30-31,36,38H,7-9,12,14-17,21-23H2,1-6H3. The third kappa shape index (κ3) is 7.45. The maximum absolute atomic E-state index is 16.1. The summed E-state index contributed by atoms with van der Waals surface area (Å²) < 4.78 is 16.1. The van der Waals surface area contributed by atoms with Crippen LogP contribution >= 0.6 is 0 Å². The van der Waals surface area contributed by atoms with Crippen LogP contribution in [0.15, 0.2) is 65.3 Å². The van der Waals surface area contributed by atoms with E-state index in [1.807, 2.05) is 0 Å². The van der Waals surface area contributed by atoms with Crippen LogP contribution in [0.3, 0.4) is 0 Å². The fraction of sp³-hybridized carbons (Fsp3) is 0.632. The number of halogens is 1. The summed E-state index contributed by atoms with van der Waals surface area (Å²) >= 11 is 0. The maximum Gasteiger partial charge on any atom is 0.128 e. The molecule has 0 bridgehead atoms. The smallest absolute Gasteiger partial charge is 0.128 e. The van der Waals surface area contributed by atoms with Gasteiger partial charge in [0.15, 0.2) is 0 Å². The van der Waals surface area contributed by atoms with E-state index in [1.165, 1.54) is 60.0 Å². The predicted octanol–water partition coefficient (Wildman–Crippen LogP) is 11.8. The number of hydrogen-bond donors (Lipinski definition) is 0. The van der Waals surface area contributed by atoms with Gasteiger partial charge in [-0.2, -0.15) is 0 Å². The van der Waals surface area contributed by atoms with Crippen LogP contribution in [0.2, 0.25) is 0 Å². The zero-order valence-electron chi connectivity index (χ0n) is 25.8. The molecule has 1 aromatic rings. The second-order valence-electron chi connectivity index (χ2n) is 13.3. The molecule has 7 unspecified atom stereocenters. The summed E-state index contributed by atoms with van der Waals surface area (Å²) in [5, 5.41) is 0. The molecule has 2 saturated carbocycles. The highest BCUT2D eigenvalue weighted by molar-refractivity contribution is 5.46. The molecular weight excluding hydrogens is 475 g/mol. The van der Waals surface area contributed by atoms with Crippen LogP contribution in [0.4, 0.5) is 4.39 Å². The lowest BCUT2D eigenvalue weighted by Gasteiger charge is -2.37. The molecule has 0 saturated heterocycles. The van der Waals surface area contributed by atoms with E-state index in [-0.39, 0.29) is 5.92 Å². The minimum absolute atomic E-state index is 0.202. The molecule has 3 aliphatic carbocycles. The molecule has 2 fully saturated rings. The van der Waals surface area contributed by atoms with Crippen molar-refractivity contribution >= 4 is 0 Å². The highest BCUT2D eigenvalue weighted by atomic mass is 19.1. The molecule has 4 rings (SSSR count). The Morgan fingerprint density at radius 2 is 1.90 bits per heavy atom. The van der Waals surface area contributed by atoms with Gasteiger partial charge in [0.05, 0.1) is 0 Å². The van der Waals surface area contributed by atoms with Crippen LogP contribution in [-0.4, -0.2) is 0 Å². The van der Waals surface area contributed by atoms with E-state index in [4.69, 9.17) is 0 Å².